The van der Waals surface area contributed by atoms with Gasteiger partial charge in [-0.3, -0.25) is 0 Å². The van der Waals surface area contributed by atoms with Gasteiger partial charge in [0.05, 0.1) is 0 Å². The Hall–Kier alpha value is -3.38. The lowest BCUT2D eigenvalue weighted by Gasteiger charge is -2.26. The summed E-state index contributed by atoms with van der Waals surface area (Å²) in [7, 11) is 0. The van der Waals surface area contributed by atoms with E-state index in [-0.39, 0.29) is 5.92 Å². The summed E-state index contributed by atoms with van der Waals surface area (Å²) in [6.45, 7) is 8.55. The van der Waals surface area contributed by atoms with Crippen LogP contribution >= 0.6 is 0 Å². The van der Waals surface area contributed by atoms with Crippen molar-refractivity contribution in [2.45, 2.75) is 32.1 Å². The van der Waals surface area contributed by atoms with Crippen LogP contribution in [0, 0.1) is 6.92 Å². The molecule has 0 amide bonds. The van der Waals surface area contributed by atoms with Gasteiger partial charge in [0.15, 0.2) is 0 Å². The highest BCUT2D eigenvalue weighted by atomic mass is 14.3. The maximum atomic E-state index is 4.01. The molecule has 154 valence electrons. The fraction of sp³-hybridized carbons (Fsp3) is 0.161. The van der Waals surface area contributed by atoms with Crippen molar-refractivity contribution in [1.29, 1.82) is 0 Å². The van der Waals surface area contributed by atoms with E-state index < -0.39 is 0 Å². The fourth-order valence-electron chi connectivity index (χ4n) is 4.59. The highest BCUT2D eigenvalue weighted by Crippen LogP contribution is 2.38. The zero-order chi connectivity index (χ0) is 21.6. The molecule has 4 rings (SSSR count). The molecule has 1 atom stereocenters. The van der Waals surface area contributed by atoms with Crippen molar-refractivity contribution in [2.75, 3.05) is 0 Å². The first-order valence-electron chi connectivity index (χ1n) is 11.1. The van der Waals surface area contributed by atoms with Crippen LogP contribution in [-0.2, 0) is 6.42 Å². The molecule has 0 heteroatoms. The highest BCUT2D eigenvalue weighted by molar-refractivity contribution is 5.53. The van der Waals surface area contributed by atoms with E-state index in [0.29, 0.717) is 5.92 Å². The van der Waals surface area contributed by atoms with Crippen LogP contribution in [0.25, 0.3) is 6.08 Å². The van der Waals surface area contributed by atoms with E-state index in [9.17, 15) is 0 Å². The molecule has 1 unspecified atom stereocenters. The molecule has 0 N–H and O–H groups in total. The van der Waals surface area contributed by atoms with Crippen LogP contribution in [0.15, 0.2) is 110 Å². The molecule has 0 nitrogen and oxygen atoms in total. The predicted octanol–water partition coefficient (Wildman–Crippen LogP) is 8.16. The number of aryl methyl sites for hydroxylation is 1. The summed E-state index contributed by atoms with van der Waals surface area (Å²) < 4.78 is 0. The Morgan fingerprint density at radius 2 is 1.29 bits per heavy atom. The number of hydrogen-bond acceptors (Lipinski definition) is 0. The first-order chi connectivity index (χ1) is 15.2. The minimum atomic E-state index is 0.217. The summed E-state index contributed by atoms with van der Waals surface area (Å²) in [5, 5.41) is 0. The summed E-state index contributed by atoms with van der Waals surface area (Å²) in [5.41, 5.74) is 9.37. The molecule has 0 aliphatic carbocycles. The molecule has 0 saturated heterocycles. The van der Waals surface area contributed by atoms with Crippen molar-refractivity contribution in [3.05, 3.63) is 149 Å². The Bertz CT molecular complexity index is 1100. The second-order valence-corrected chi connectivity index (χ2v) is 8.39. The van der Waals surface area contributed by atoms with E-state index >= 15 is 0 Å². The Labute approximate surface area is 186 Å². The van der Waals surface area contributed by atoms with Gasteiger partial charge in [0.2, 0.25) is 0 Å². The topological polar surface area (TPSA) is 0 Å². The predicted molar refractivity (Wildman–Crippen MR) is 134 cm³/mol. The molecule has 4 aromatic rings. The van der Waals surface area contributed by atoms with E-state index in [1.54, 1.807) is 0 Å². The molecule has 0 spiro atoms. The zero-order valence-electron chi connectivity index (χ0n) is 18.5. The van der Waals surface area contributed by atoms with Crippen LogP contribution in [0.2, 0.25) is 0 Å². The first kappa shape index (κ1) is 20.9. The van der Waals surface area contributed by atoms with Crippen LogP contribution in [0.4, 0.5) is 0 Å². The lowest BCUT2D eigenvalue weighted by molar-refractivity contribution is 0.739. The van der Waals surface area contributed by atoms with Crippen LogP contribution in [0.1, 0.15) is 57.7 Å². The number of rotatable bonds is 7. The normalized spacial score (nSPS) is 12.0. The van der Waals surface area contributed by atoms with Gasteiger partial charge < -0.3 is 0 Å². The Morgan fingerprint density at radius 3 is 1.90 bits per heavy atom. The van der Waals surface area contributed by atoms with E-state index in [1.165, 1.54) is 38.9 Å². The molecule has 0 aliphatic rings. The summed E-state index contributed by atoms with van der Waals surface area (Å²) in [6, 6.07) is 37.3. The maximum Gasteiger partial charge on any atom is 0.0342 e. The third-order valence-corrected chi connectivity index (χ3v) is 6.15. The van der Waals surface area contributed by atoms with Crippen LogP contribution in [-0.4, -0.2) is 0 Å². The smallest absolute Gasteiger partial charge is 0.0342 e. The first-order valence-corrected chi connectivity index (χ1v) is 11.1. The van der Waals surface area contributed by atoms with Gasteiger partial charge in [0.25, 0.3) is 0 Å². The lowest BCUT2D eigenvalue weighted by Crippen LogP contribution is -2.10. The van der Waals surface area contributed by atoms with Gasteiger partial charge in [-0.15, -0.1) is 0 Å². The quantitative estimate of drug-likeness (QED) is 0.273. The van der Waals surface area contributed by atoms with Crippen molar-refractivity contribution in [1.82, 2.24) is 0 Å². The van der Waals surface area contributed by atoms with Crippen molar-refractivity contribution >= 4 is 6.08 Å². The third-order valence-electron chi connectivity index (χ3n) is 6.15. The van der Waals surface area contributed by atoms with Crippen LogP contribution in [0.3, 0.4) is 0 Å². The molecule has 0 radical (unpaired) electrons. The minimum absolute atomic E-state index is 0.217. The third kappa shape index (κ3) is 4.70. The molecular formula is C31H30. The Balaban J connectivity index is 1.82. The monoisotopic (exact) mass is 402 g/mol. The molecule has 31 heavy (non-hydrogen) atoms. The van der Waals surface area contributed by atoms with Gasteiger partial charge in [-0.2, -0.15) is 0 Å². The Morgan fingerprint density at radius 1 is 0.710 bits per heavy atom. The molecule has 4 aromatic carbocycles. The highest BCUT2D eigenvalue weighted by Gasteiger charge is 2.22. The van der Waals surface area contributed by atoms with Crippen LogP contribution in [0.5, 0.6) is 0 Å². The average Bonchev–Trinajstić information content (AvgIpc) is 2.81. The molecule has 0 bridgehead atoms. The molecule has 0 aromatic heterocycles. The van der Waals surface area contributed by atoms with Crippen molar-refractivity contribution in [3.8, 4) is 0 Å². The average molecular weight is 403 g/mol. The van der Waals surface area contributed by atoms with Gasteiger partial charge >= 0.3 is 0 Å². The molecule has 0 aliphatic heterocycles. The van der Waals surface area contributed by atoms with Gasteiger partial charge in [0, 0.05) is 5.92 Å². The van der Waals surface area contributed by atoms with E-state index in [4.69, 9.17) is 0 Å². The van der Waals surface area contributed by atoms with Gasteiger partial charge in [-0.25, -0.2) is 0 Å². The zero-order valence-corrected chi connectivity index (χ0v) is 18.5. The lowest BCUT2D eigenvalue weighted by atomic mass is 9.78. The van der Waals surface area contributed by atoms with Crippen molar-refractivity contribution in [2.24, 2.45) is 0 Å². The summed E-state index contributed by atoms with van der Waals surface area (Å²) in [4.78, 5) is 0. The van der Waals surface area contributed by atoms with Gasteiger partial charge in [0.1, 0.15) is 0 Å². The summed E-state index contributed by atoms with van der Waals surface area (Å²) >= 11 is 0. The van der Waals surface area contributed by atoms with Gasteiger partial charge in [-0.1, -0.05) is 128 Å². The van der Waals surface area contributed by atoms with Gasteiger partial charge in [-0.05, 0) is 52.6 Å². The number of benzene rings is 4. The summed E-state index contributed by atoms with van der Waals surface area (Å²) in [5.74, 6) is 0.612. The van der Waals surface area contributed by atoms with E-state index in [1.807, 2.05) is 6.08 Å². The molecule has 0 fully saturated rings. The second-order valence-electron chi connectivity index (χ2n) is 8.39. The Kier molecular flexibility index (Phi) is 6.48. The maximum absolute atomic E-state index is 4.01. The molecule has 0 heterocycles. The van der Waals surface area contributed by atoms with E-state index in [0.717, 1.165) is 6.42 Å². The van der Waals surface area contributed by atoms with Crippen molar-refractivity contribution in [3.63, 3.8) is 0 Å². The summed E-state index contributed by atoms with van der Waals surface area (Å²) in [6.07, 6.45) is 2.96. The SMILES string of the molecule is C=Cc1ccccc1CC(C)c1ccc(C)cc1C(c1ccccc1)c1ccccc1. The number of hydrogen-bond donors (Lipinski definition) is 0. The largest absolute Gasteiger partial charge is 0.0985 e. The fourth-order valence-corrected chi connectivity index (χ4v) is 4.59. The second kappa shape index (κ2) is 9.62. The molecule has 0 saturated carbocycles. The minimum Gasteiger partial charge on any atom is -0.0985 e. The van der Waals surface area contributed by atoms with Crippen molar-refractivity contribution < 1.29 is 0 Å². The standard InChI is InChI=1S/C31H30/c1-4-25-13-11-12-18-28(25)22-24(3)29-20-19-23(2)21-30(29)31(26-14-7-5-8-15-26)27-16-9-6-10-17-27/h4-21,24,31H,1,22H2,2-3H3. The van der Waals surface area contributed by atoms with E-state index in [2.05, 4.69) is 124 Å². The molecular weight excluding hydrogens is 372 g/mol. The van der Waals surface area contributed by atoms with Crippen LogP contribution < -0.4 is 0 Å².